The molecule has 0 heterocycles. The summed E-state index contributed by atoms with van der Waals surface area (Å²) in [5.41, 5.74) is 1.38. The predicted molar refractivity (Wildman–Crippen MR) is 111 cm³/mol. The molecule has 0 aliphatic heterocycles. The first kappa shape index (κ1) is 22.1. The summed E-state index contributed by atoms with van der Waals surface area (Å²) in [6.07, 6.45) is 18.2. The third-order valence-corrected chi connectivity index (χ3v) is 5.39. The van der Waals surface area contributed by atoms with Gasteiger partial charge in [0.2, 0.25) is 0 Å². The number of aromatic hydroxyl groups is 1. The van der Waals surface area contributed by atoms with Crippen molar-refractivity contribution in [3.05, 3.63) is 29.8 Å². The van der Waals surface area contributed by atoms with Gasteiger partial charge in [-0.15, -0.1) is 0 Å². The number of benzene rings is 1. The fraction of sp³-hybridized carbons (Fsp3) is 0.750. The van der Waals surface area contributed by atoms with Gasteiger partial charge in [0, 0.05) is 0 Å². The molecular formula is C24H42O. The maximum atomic E-state index is 9.20. The molecule has 2 unspecified atom stereocenters. The molecule has 144 valence electrons. The molecule has 1 aromatic rings. The maximum absolute atomic E-state index is 9.20. The van der Waals surface area contributed by atoms with Crippen LogP contribution < -0.4 is 0 Å². The highest BCUT2D eigenvalue weighted by atomic mass is 16.3. The molecule has 1 N–H and O–H groups in total. The summed E-state index contributed by atoms with van der Waals surface area (Å²) in [5, 5.41) is 9.20. The number of hydrogen-bond acceptors (Lipinski definition) is 1. The van der Waals surface area contributed by atoms with Gasteiger partial charge < -0.3 is 5.11 Å². The van der Waals surface area contributed by atoms with Crippen molar-refractivity contribution < 1.29 is 5.11 Å². The van der Waals surface area contributed by atoms with Crippen molar-refractivity contribution in [2.45, 2.75) is 104 Å². The van der Waals surface area contributed by atoms with E-state index in [0.29, 0.717) is 5.75 Å². The van der Waals surface area contributed by atoms with E-state index >= 15 is 0 Å². The average molecular weight is 347 g/mol. The molecule has 0 amide bonds. The first-order valence-electron chi connectivity index (χ1n) is 11.0. The van der Waals surface area contributed by atoms with Gasteiger partial charge in [0.15, 0.2) is 0 Å². The summed E-state index contributed by atoms with van der Waals surface area (Å²) in [6, 6.07) is 7.70. The highest BCUT2D eigenvalue weighted by Crippen LogP contribution is 2.44. The highest BCUT2D eigenvalue weighted by molar-refractivity contribution is 5.26. The zero-order chi connectivity index (χ0) is 18.3. The molecule has 2 rings (SSSR count). The second-order valence-electron chi connectivity index (χ2n) is 7.89. The molecule has 0 spiro atoms. The number of phenols is 1. The molecule has 1 aliphatic rings. The average Bonchev–Trinajstić information content (AvgIpc) is 3.36. The van der Waals surface area contributed by atoms with Crippen molar-refractivity contribution in [1.82, 2.24) is 0 Å². The van der Waals surface area contributed by atoms with Crippen LogP contribution in [0.25, 0.3) is 0 Å². The first-order valence-corrected chi connectivity index (χ1v) is 11.0. The molecule has 0 bridgehead atoms. The van der Waals surface area contributed by atoms with Gasteiger partial charge in [-0.25, -0.2) is 0 Å². The topological polar surface area (TPSA) is 20.2 Å². The van der Waals surface area contributed by atoms with Gasteiger partial charge in [-0.1, -0.05) is 104 Å². The molecule has 0 radical (unpaired) electrons. The minimum absolute atomic E-state index is 0.374. The van der Waals surface area contributed by atoms with Crippen molar-refractivity contribution in [3.63, 3.8) is 0 Å². The van der Waals surface area contributed by atoms with Crippen LogP contribution in [0.5, 0.6) is 5.75 Å². The predicted octanol–water partition coefficient (Wildman–Crippen LogP) is 7.91. The lowest BCUT2D eigenvalue weighted by atomic mass is 10.0. The molecule has 0 aromatic heterocycles. The van der Waals surface area contributed by atoms with Gasteiger partial charge in [0.1, 0.15) is 5.75 Å². The van der Waals surface area contributed by atoms with Crippen molar-refractivity contribution in [1.29, 1.82) is 0 Å². The van der Waals surface area contributed by atoms with Crippen molar-refractivity contribution in [2.75, 3.05) is 0 Å². The van der Waals surface area contributed by atoms with Crippen LogP contribution >= 0.6 is 0 Å². The SMILES string of the molecule is CCCCCC1CC1Cc1ccc(O)cc1.CCCCCCCCC. The van der Waals surface area contributed by atoms with E-state index in [1.54, 1.807) is 12.1 Å². The molecule has 1 aromatic carbocycles. The second-order valence-corrected chi connectivity index (χ2v) is 7.89. The van der Waals surface area contributed by atoms with Crippen LogP contribution in [0.2, 0.25) is 0 Å². The molecule has 1 nitrogen and oxygen atoms in total. The van der Waals surface area contributed by atoms with Crippen LogP contribution in [0.1, 0.15) is 103 Å². The monoisotopic (exact) mass is 346 g/mol. The Labute approximate surface area is 157 Å². The number of rotatable bonds is 12. The van der Waals surface area contributed by atoms with Crippen LogP contribution in [0.4, 0.5) is 0 Å². The lowest BCUT2D eigenvalue weighted by molar-refractivity contribution is 0.475. The van der Waals surface area contributed by atoms with E-state index < -0.39 is 0 Å². The Balaban J connectivity index is 0.000000299. The number of phenolic OH excluding ortho intramolecular Hbond substituents is 1. The largest absolute Gasteiger partial charge is 0.508 e. The lowest BCUT2D eigenvalue weighted by Crippen LogP contribution is -1.90. The van der Waals surface area contributed by atoms with Crippen LogP contribution in [0.15, 0.2) is 24.3 Å². The van der Waals surface area contributed by atoms with Gasteiger partial charge in [-0.3, -0.25) is 0 Å². The quantitative estimate of drug-likeness (QED) is 0.381. The van der Waals surface area contributed by atoms with E-state index in [4.69, 9.17) is 0 Å². The Morgan fingerprint density at radius 1 is 0.720 bits per heavy atom. The van der Waals surface area contributed by atoms with Gasteiger partial charge in [0.05, 0.1) is 0 Å². The molecule has 25 heavy (non-hydrogen) atoms. The van der Waals surface area contributed by atoms with Crippen molar-refractivity contribution in [2.24, 2.45) is 11.8 Å². The third-order valence-electron chi connectivity index (χ3n) is 5.39. The summed E-state index contributed by atoms with van der Waals surface area (Å²) in [7, 11) is 0. The Kier molecular flexibility index (Phi) is 12.5. The highest BCUT2D eigenvalue weighted by Gasteiger charge is 2.35. The van der Waals surface area contributed by atoms with Crippen LogP contribution in [0, 0.1) is 11.8 Å². The van der Waals surface area contributed by atoms with E-state index in [1.807, 2.05) is 0 Å². The smallest absolute Gasteiger partial charge is 0.115 e. The van der Waals surface area contributed by atoms with Crippen molar-refractivity contribution >= 4 is 0 Å². The van der Waals surface area contributed by atoms with E-state index in [0.717, 1.165) is 11.8 Å². The normalized spacial score (nSPS) is 18.5. The Morgan fingerprint density at radius 2 is 1.24 bits per heavy atom. The second kappa shape index (κ2) is 14.2. The summed E-state index contributed by atoms with van der Waals surface area (Å²) < 4.78 is 0. The van der Waals surface area contributed by atoms with Crippen LogP contribution in [0.3, 0.4) is 0 Å². The molecule has 1 heteroatoms. The third kappa shape index (κ3) is 11.3. The molecule has 1 saturated carbocycles. The van der Waals surface area contributed by atoms with Crippen molar-refractivity contribution in [3.8, 4) is 5.75 Å². The number of unbranched alkanes of at least 4 members (excludes halogenated alkanes) is 8. The van der Waals surface area contributed by atoms with Gasteiger partial charge in [-0.2, -0.15) is 0 Å². The standard InChI is InChI=1S/C15H22O.C9H20/c1-2-3-4-5-13-11-14(13)10-12-6-8-15(16)9-7-12;1-3-5-7-9-8-6-4-2/h6-9,13-14,16H,2-5,10-11H2,1H3;3-9H2,1-2H3. The van der Waals surface area contributed by atoms with E-state index in [-0.39, 0.29) is 0 Å². The van der Waals surface area contributed by atoms with Gasteiger partial charge in [-0.05, 0) is 42.4 Å². The maximum Gasteiger partial charge on any atom is 0.115 e. The minimum atomic E-state index is 0.374. The molecule has 1 aliphatic carbocycles. The minimum Gasteiger partial charge on any atom is -0.508 e. The first-order chi connectivity index (χ1) is 12.2. The Morgan fingerprint density at radius 3 is 1.80 bits per heavy atom. The van der Waals surface area contributed by atoms with Gasteiger partial charge in [0.25, 0.3) is 0 Å². The summed E-state index contributed by atoms with van der Waals surface area (Å²) in [5.74, 6) is 2.28. The van der Waals surface area contributed by atoms with E-state index in [1.165, 1.54) is 89.0 Å². The molecule has 1 fully saturated rings. The van der Waals surface area contributed by atoms with Crippen LogP contribution in [-0.4, -0.2) is 5.11 Å². The molecule has 0 saturated heterocycles. The summed E-state index contributed by atoms with van der Waals surface area (Å²) in [4.78, 5) is 0. The van der Waals surface area contributed by atoms with E-state index in [2.05, 4.69) is 32.9 Å². The number of hydrogen-bond donors (Lipinski definition) is 1. The molecule has 2 atom stereocenters. The Hall–Kier alpha value is -0.980. The van der Waals surface area contributed by atoms with Crippen LogP contribution in [-0.2, 0) is 6.42 Å². The fourth-order valence-corrected chi connectivity index (χ4v) is 3.54. The zero-order valence-electron chi connectivity index (χ0n) is 17.1. The Bertz CT molecular complexity index is 403. The summed E-state index contributed by atoms with van der Waals surface area (Å²) in [6.45, 7) is 6.79. The molecular weight excluding hydrogens is 304 g/mol. The van der Waals surface area contributed by atoms with Gasteiger partial charge >= 0.3 is 0 Å². The van der Waals surface area contributed by atoms with E-state index in [9.17, 15) is 5.11 Å². The lowest BCUT2D eigenvalue weighted by Gasteiger charge is -2.01. The fourth-order valence-electron chi connectivity index (χ4n) is 3.54. The zero-order valence-corrected chi connectivity index (χ0v) is 17.1. The summed E-state index contributed by atoms with van der Waals surface area (Å²) >= 11 is 0.